The summed E-state index contributed by atoms with van der Waals surface area (Å²) in [5.41, 5.74) is 13.7. The molecule has 2 fully saturated rings. The van der Waals surface area contributed by atoms with Crippen LogP contribution < -0.4 is 47.9 Å². The number of amides is 9. The van der Waals surface area contributed by atoms with Gasteiger partial charge < -0.3 is 96.4 Å². The van der Waals surface area contributed by atoms with Gasteiger partial charge in [0.1, 0.15) is 49.8 Å². The quantitative estimate of drug-likeness (QED) is 0.0159. The Morgan fingerprint density at radius 3 is 1.36 bits per heavy atom. The first-order valence-corrected chi connectivity index (χ1v) is 50.8. The summed E-state index contributed by atoms with van der Waals surface area (Å²) >= 11 is 9.49. The summed E-state index contributed by atoms with van der Waals surface area (Å²) in [5.74, 6) is -2.51. The third kappa shape index (κ3) is 28.4. The zero-order valence-electron chi connectivity index (χ0n) is 78.3. The maximum atomic E-state index is 14.0. The van der Waals surface area contributed by atoms with Crippen molar-refractivity contribution in [3.63, 3.8) is 0 Å². The minimum atomic E-state index is -0.943. The van der Waals surface area contributed by atoms with E-state index in [1.54, 1.807) is 61.6 Å². The van der Waals surface area contributed by atoms with Crippen LogP contribution in [0.25, 0.3) is 62.5 Å². The number of rotatable bonds is 40. The molecule has 0 spiro atoms. The first-order chi connectivity index (χ1) is 64.7. The fourth-order valence-corrected chi connectivity index (χ4v) is 22.5. The molecular formula is C97H124N16O16S6. The third-order valence-electron chi connectivity index (χ3n) is 23.2. The zero-order valence-corrected chi connectivity index (χ0v) is 83.2. The molecule has 0 unspecified atom stereocenters. The van der Waals surface area contributed by atoms with Crippen LogP contribution in [0.2, 0.25) is 0 Å². The summed E-state index contributed by atoms with van der Waals surface area (Å²) in [6.07, 6.45) is 0.237. The maximum Gasteiger partial charge on any atom is 0.410 e. The predicted molar refractivity (Wildman–Crippen MR) is 530 cm³/mol. The second kappa shape index (κ2) is 47.8. The molecule has 32 nitrogen and oxygen atoms in total. The number of aliphatic hydroxyl groups excluding tert-OH is 2. The van der Waals surface area contributed by atoms with Crippen LogP contribution in [0.4, 0.5) is 14.8 Å². The number of aliphatic hydroxyl groups is 2. The number of β-amino-alcohol motifs (C(OH)–C–C–N with tert-alkyl or cyclic N) is 2. The lowest BCUT2D eigenvalue weighted by Gasteiger charge is -2.35. The van der Waals surface area contributed by atoms with Crippen LogP contribution in [-0.2, 0) is 101 Å². The third-order valence-corrected chi connectivity index (χ3v) is 29.5. The van der Waals surface area contributed by atoms with Crippen molar-refractivity contribution < 1.29 is 77.0 Å². The summed E-state index contributed by atoms with van der Waals surface area (Å²) in [6.45, 7) is 27.9. The molecule has 9 amide bonds. The van der Waals surface area contributed by atoms with Crippen molar-refractivity contribution in [2.24, 2.45) is 10.8 Å². The SMILES string of the molecule is Cc1ncsc1-c1ccc(CNC(=O)[C@@H]2C[C@@H](O)CN2C(=O)[C@@H](NC(=O)CCOCCOCCNCCC(=O)Nc2sc3c(c2-c2nc4ccccc4s2)CCN(C(=O)OC(C)(C)C)C3)C(C)(C)C)cc1.Cc1ncsc1-c1ccc(CNC(=O)[C@@H]2C[C@@H](O)CN2C(=O)[C@@H](NC(=O)CCOCCOCCNCCC(=O)Nc2sc3c(c2-c2nc4ccccc4s2)CCNC3)C(C)(C)C)cc1. The minimum Gasteiger partial charge on any atom is -0.444 e. The van der Waals surface area contributed by atoms with Crippen molar-refractivity contribution >= 4 is 152 Å². The monoisotopic (exact) mass is 1960 g/mol. The molecule has 14 rings (SSSR count). The number of anilines is 2. The highest BCUT2D eigenvalue weighted by Gasteiger charge is 2.47. The fourth-order valence-electron chi connectivity index (χ4n) is 16.1. The second-order valence-electron chi connectivity index (χ2n) is 36.9. The van der Waals surface area contributed by atoms with Crippen LogP contribution >= 0.6 is 68.0 Å². The molecule has 2 saturated heterocycles. The molecule has 10 heterocycles. The Bertz CT molecular complexity index is 5670. The summed E-state index contributed by atoms with van der Waals surface area (Å²) in [4.78, 5) is 148. The second-order valence-corrected chi connectivity index (χ2v) is 42.9. The molecule has 724 valence electrons. The van der Waals surface area contributed by atoms with E-state index >= 15 is 0 Å². The topological polar surface area (TPSA) is 410 Å². The number of ether oxygens (including phenoxy) is 5. The van der Waals surface area contributed by atoms with Crippen molar-refractivity contribution in [2.75, 3.05) is 116 Å². The van der Waals surface area contributed by atoms with Crippen LogP contribution in [-0.4, -0.2) is 245 Å². The van der Waals surface area contributed by atoms with E-state index in [4.69, 9.17) is 33.7 Å². The highest BCUT2D eigenvalue weighted by molar-refractivity contribution is 7.23. The number of aromatic nitrogens is 4. The number of para-hydroxylation sites is 2. The summed E-state index contributed by atoms with van der Waals surface area (Å²) in [6, 6.07) is 28.2. The van der Waals surface area contributed by atoms with Gasteiger partial charge in [-0.05, 0) is 122 Å². The van der Waals surface area contributed by atoms with E-state index in [1.807, 2.05) is 178 Å². The number of hydrogen-bond acceptors (Lipinski definition) is 29. The van der Waals surface area contributed by atoms with Crippen LogP contribution in [0.5, 0.6) is 0 Å². The highest BCUT2D eigenvalue weighted by atomic mass is 32.1. The van der Waals surface area contributed by atoms with Gasteiger partial charge in [-0.1, -0.05) is 114 Å². The zero-order chi connectivity index (χ0) is 96.1. The standard InChI is InChI=1S/C51H66N8O9S3.C46H58N8O7S3/c1-31-43(69-30-54-31)33-14-12-32(13-15-33)27-53-45(63)37-26-34(60)28-59(37)48(64)44(50(2,3)4)56-41(62)18-22-66-24-25-67-23-20-52-19-16-40(61)57-47-42(46-55-36-10-8-9-11-38(36)70-46)35-17-21-58(29-39(35)71-47)49(65)68-51(5,6)7;1-28-40(62-27-50-28)30-11-9-29(10-12-30)24-49-42(58)34-23-31(55)26-54(34)45(59)41(46(2,3)4)52-38(57)15-19-60-21-22-61-20-18-47-17-14-37(56)53-44-39(32-13-16-48-25-36(32)64-44)43-51-33-7-5-6-8-35(33)63-43/h8-15,30,34,37,44,52,60H,16-29H2,1-7H3,(H,53,63)(H,56,62)(H,57,61);5-12,27,31,34,41,47-48,55H,13-26H2,1-4H3,(H,49,58)(H,52,57)(H,53,56)/t34-,37+,44-;31-,34+,41-/m11/s1. The maximum absolute atomic E-state index is 14.0. The Hall–Kier alpha value is -10.0. The molecule has 0 aliphatic carbocycles. The van der Waals surface area contributed by atoms with Gasteiger partial charge >= 0.3 is 6.09 Å². The number of aryl methyl sites for hydroxylation is 2. The van der Waals surface area contributed by atoms with Crippen molar-refractivity contribution in [3.05, 3.63) is 151 Å². The van der Waals surface area contributed by atoms with Gasteiger partial charge in [0, 0.05) is 125 Å². The van der Waals surface area contributed by atoms with Gasteiger partial charge in [0.2, 0.25) is 47.3 Å². The van der Waals surface area contributed by atoms with Gasteiger partial charge in [-0.3, -0.25) is 38.4 Å². The lowest BCUT2D eigenvalue weighted by Crippen LogP contribution is -2.57. The number of carbonyl (C=O) groups excluding carboxylic acids is 9. The molecule has 4 aliphatic rings. The molecule has 38 heteroatoms. The van der Waals surface area contributed by atoms with E-state index in [0.717, 1.165) is 125 Å². The Kier molecular flexibility index (Phi) is 36.3. The van der Waals surface area contributed by atoms with Crippen molar-refractivity contribution in [3.8, 4) is 42.0 Å². The van der Waals surface area contributed by atoms with Crippen LogP contribution in [0.15, 0.2) is 108 Å². The van der Waals surface area contributed by atoms with Gasteiger partial charge in [-0.15, -0.1) is 68.0 Å². The fraction of sp³-hybridized carbons (Fsp3) is 0.495. The van der Waals surface area contributed by atoms with Crippen LogP contribution in [0, 0.1) is 24.7 Å². The Balaban J connectivity index is 0.000000230. The normalized spacial score (nSPS) is 16.6. The Labute approximate surface area is 811 Å². The van der Waals surface area contributed by atoms with Gasteiger partial charge in [0.05, 0.1) is 124 Å². The number of thiazole rings is 4. The Morgan fingerprint density at radius 1 is 0.504 bits per heavy atom. The van der Waals surface area contributed by atoms with E-state index in [1.165, 1.54) is 31.6 Å². The first-order valence-electron chi connectivity index (χ1n) is 45.8. The van der Waals surface area contributed by atoms with Gasteiger partial charge in [-0.25, -0.2) is 24.7 Å². The molecule has 0 radical (unpaired) electrons. The van der Waals surface area contributed by atoms with E-state index in [-0.39, 0.29) is 126 Å². The predicted octanol–water partition coefficient (Wildman–Crippen LogP) is 12.2. The smallest absolute Gasteiger partial charge is 0.410 e. The molecule has 135 heavy (non-hydrogen) atoms. The number of thiophene rings is 2. The largest absolute Gasteiger partial charge is 0.444 e. The first kappa shape index (κ1) is 102. The number of benzene rings is 4. The summed E-state index contributed by atoms with van der Waals surface area (Å²) in [5, 5.41) is 52.3. The van der Waals surface area contributed by atoms with E-state index < -0.39 is 64.6 Å². The number of nitrogens with zero attached hydrogens (tertiary/aromatic N) is 7. The highest BCUT2D eigenvalue weighted by Crippen LogP contribution is 2.48. The molecule has 0 saturated carbocycles. The number of likely N-dealkylation sites (tertiary alicyclic amines) is 2. The molecule has 0 bridgehead atoms. The summed E-state index contributed by atoms with van der Waals surface area (Å²) < 4.78 is 30.5. The molecule has 11 N–H and O–H groups in total. The summed E-state index contributed by atoms with van der Waals surface area (Å²) in [7, 11) is 0. The van der Waals surface area contributed by atoms with Gasteiger partial charge in [-0.2, -0.15) is 0 Å². The van der Waals surface area contributed by atoms with Gasteiger partial charge in [0.25, 0.3) is 0 Å². The lowest BCUT2D eigenvalue weighted by atomic mass is 9.85. The van der Waals surface area contributed by atoms with Crippen LogP contribution in [0.3, 0.4) is 0 Å². The number of carbonyl (C=O) groups is 9. The number of nitrogens with one attached hydrogen (secondary N) is 9. The number of fused-ring (bicyclic) bond motifs is 4. The van der Waals surface area contributed by atoms with E-state index in [2.05, 4.69) is 63.9 Å². The van der Waals surface area contributed by atoms with Gasteiger partial charge in [0.15, 0.2) is 0 Å². The average molecular weight is 1960 g/mol. The molecule has 4 aromatic carbocycles. The molecule has 10 aromatic rings. The molecule has 6 atom stereocenters. The van der Waals surface area contributed by atoms with Crippen molar-refractivity contribution in [2.45, 2.75) is 196 Å². The van der Waals surface area contributed by atoms with Crippen LogP contribution in [0.1, 0.15) is 144 Å². The molecule has 6 aromatic heterocycles. The number of hydrogen-bond donors (Lipinski definition) is 11. The Morgan fingerprint density at radius 2 is 0.933 bits per heavy atom. The minimum absolute atomic E-state index is 0.00129. The lowest BCUT2D eigenvalue weighted by molar-refractivity contribution is -0.144. The van der Waals surface area contributed by atoms with E-state index in [0.29, 0.717) is 78.5 Å². The molecule has 4 aliphatic heterocycles. The van der Waals surface area contributed by atoms with Crippen molar-refractivity contribution in [1.29, 1.82) is 0 Å². The molecular weight excluding hydrogens is 1840 g/mol. The van der Waals surface area contributed by atoms with E-state index in [9.17, 15) is 53.4 Å². The average Bonchev–Trinajstić information content (AvgIpc) is 1.61. The van der Waals surface area contributed by atoms with Crippen molar-refractivity contribution in [1.82, 2.24) is 71.9 Å².